The smallest absolute Gasteiger partial charge is 0.350 e. The van der Waals surface area contributed by atoms with E-state index in [0.717, 1.165) is 41.8 Å². The summed E-state index contributed by atoms with van der Waals surface area (Å²) < 4.78 is 5.73. The fourth-order valence-corrected chi connectivity index (χ4v) is 4.21. The topological polar surface area (TPSA) is 76.0 Å². The van der Waals surface area contributed by atoms with Gasteiger partial charge in [-0.05, 0) is 13.8 Å². The fraction of sp³-hybridized carbons (Fsp3) is 0.600. The number of aromatic nitrogens is 1. The minimum absolute atomic E-state index is 0.184. The molecule has 1 aliphatic rings. The molecule has 0 bridgehead atoms. The summed E-state index contributed by atoms with van der Waals surface area (Å²) in [5, 5.41) is 3.13. The summed E-state index contributed by atoms with van der Waals surface area (Å²) in [7, 11) is 2.17. The van der Waals surface area contributed by atoms with E-state index in [2.05, 4.69) is 22.2 Å². The van der Waals surface area contributed by atoms with Gasteiger partial charge in [0.2, 0.25) is 5.91 Å². The van der Waals surface area contributed by atoms with Crippen LogP contribution in [0, 0.1) is 6.92 Å². The lowest BCUT2D eigenvalue weighted by Crippen LogP contribution is -3.12. The van der Waals surface area contributed by atoms with E-state index in [1.165, 1.54) is 16.7 Å². The van der Waals surface area contributed by atoms with Crippen molar-refractivity contribution in [1.82, 2.24) is 9.88 Å². The number of thiazole rings is 1. The van der Waals surface area contributed by atoms with Gasteiger partial charge in [0.05, 0.1) is 51.3 Å². The number of nitrogens with zero attached hydrogens (tertiary/aromatic N) is 2. The van der Waals surface area contributed by atoms with Crippen LogP contribution in [0.15, 0.2) is 0 Å². The number of ether oxygens (including phenoxy) is 1. The molecule has 2 rings (SSSR count). The third kappa shape index (κ3) is 5.91. The monoisotopic (exact) mass is 403 g/mol. The minimum Gasteiger partial charge on any atom is -0.462 e. The predicted molar refractivity (Wildman–Crippen MR) is 105 cm³/mol. The summed E-state index contributed by atoms with van der Waals surface area (Å²) >= 11 is 7.89. The number of rotatable bonds is 5. The van der Waals surface area contributed by atoms with Crippen molar-refractivity contribution in [2.24, 2.45) is 0 Å². The predicted octanol–water partition coefficient (Wildman–Crippen LogP) is 0.415. The molecule has 1 aliphatic heterocycles. The SMILES string of the molecule is CCOC(=O)c1sc(NC(=O)CSC(=S)N2CC[NH+](C)CC2)nc1C. The Morgan fingerprint density at radius 1 is 1.44 bits per heavy atom. The Kier molecular flexibility index (Phi) is 7.60. The van der Waals surface area contributed by atoms with Crippen molar-refractivity contribution in [3.63, 3.8) is 0 Å². The number of hydrogen-bond donors (Lipinski definition) is 2. The van der Waals surface area contributed by atoms with Crippen molar-refractivity contribution in [2.75, 3.05) is 50.9 Å². The van der Waals surface area contributed by atoms with Gasteiger partial charge in [-0.2, -0.15) is 0 Å². The lowest BCUT2D eigenvalue weighted by atomic mass is 10.4. The number of thiocarbonyl (C=S) groups is 1. The average molecular weight is 404 g/mol. The van der Waals surface area contributed by atoms with Crippen LogP contribution in [-0.2, 0) is 9.53 Å². The molecule has 0 radical (unpaired) electrons. The van der Waals surface area contributed by atoms with Crippen molar-refractivity contribution in [3.8, 4) is 0 Å². The maximum Gasteiger partial charge on any atom is 0.350 e. The molecular weight excluding hydrogens is 380 g/mol. The molecule has 0 aromatic carbocycles. The molecule has 1 amide bonds. The number of likely N-dealkylation sites (N-methyl/N-ethyl adjacent to an activating group) is 1. The minimum atomic E-state index is -0.411. The van der Waals surface area contributed by atoms with Crippen LogP contribution in [0.25, 0.3) is 0 Å². The Bertz CT molecular complexity index is 642. The summed E-state index contributed by atoms with van der Waals surface area (Å²) in [6.45, 7) is 7.74. The quantitative estimate of drug-likeness (QED) is 0.545. The summed E-state index contributed by atoms with van der Waals surface area (Å²) in [4.78, 5) is 32.2. The molecular formula is C15H23N4O3S3+. The first-order valence-electron chi connectivity index (χ1n) is 8.08. The maximum atomic E-state index is 12.1. The molecule has 7 nitrogen and oxygen atoms in total. The van der Waals surface area contributed by atoms with Crippen molar-refractivity contribution in [2.45, 2.75) is 13.8 Å². The van der Waals surface area contributed by atoms with Gasteiger partial charge < -0.3 is 19.9 Å². The van der Waals surface area contributed by atoms with Gasteiger partial charge in [-0.1, -0.05) is 35.3 Å². The van der Waals surface area contributed by atoms with E-state index >= 15 is 0 Å². The molecule has 2 heterocycles. The second-order valence-corrected chi connectivity index (χ2v) is 8.31. The third-order valence-corrected chi connectivity index (χ3v) is 6.28. The van der Waals surface area contributed by atoms with E-state index in [4.69, 9.17) is 17.0 Å². The Hall–Kier alpha value is -1.23. The summed E-state index contributed by atoms with van der Waals surface area (Å²) in [6, 6.07) is 0. The van der Waals surface area contributed by atoms with Gasteiger partial charge in [0.15, 0.2) is 5.13 Å². The number of hydrogen-bond acceptors (Lipinski definition) is 7. The molecule has 0 unspecified atom stereocenters. The highest BCUT2D eigenvalue weighted by Gasteiger charge is 2.21. The van der Waals surface area contributed by atoms with E-state index in [0.29, 0.717) is 22.3 Å². The largest absolute Gasteiger partial charge is 0.462 e. The number of carbonyl (C=O) groups is 2. The maximum absolute atomic E-state index is 12.1. The number of esters is 1. The lowest BCUT2D eigenvalue weighted by molar-refractivity contribution is -0.883. The summed E-state index contributed by atoms with van der Waals surface area (Å²) in [5.74, 6) is -0.368. The number of thioether (sulfide) groups is 1. The van der Waals surface area contributed by atoms with Crippen molar-refractivity contribution in [1.29, 1.82) is 0 Å². The fourth-order valence-electron chi connectivity index (χ4n) is 2.28. The van der Waals surface area contributed by atoms with Crippen LogP contribution < -0.4 is 10.2 Å². The molecule has 0 aliphatic carbocycles. The number of nitrogens with one attached hydrogen (secondary N) is 2. The van der Waals surface area contributed by atoms with Crippen LogP contribution in [0.5, 0.6) is 0 Å². The average Bonchev–Trinajstić information content (AvgIpc) is 2.94. The Morgan fingerprint density at radius 3 is 2.76 bits per heavy atom. The van der Waals surface area contributed by atoms with Crippen LogP contribution in [0.4, 0.5) is 5.13 Å². The first-order valence-corrected chi connectivity index (χ1v) is 10.3. The Morgan fingerprint density at radius 2 is 2.12 bits per heavy atom. The van der Waals surface area contributed by atoms with Crippen molar-refractivity contribution < 1.29 is 19.2 Å². The summed E-state index contributed by atoms with van der Waals surface area (Å²) in [6.07, 6.45) is 0. The second-order valence-electron chi connectivity index (χ2n) is 5.70. The van der Waals surface area contributed by atoms with E-state index in [1.54, 1.807) is 13.8 Å². The molecule has 0 atom stereocenters. The molecule has 1 fully saturated rings. The number of piperazine rings is 1. The van der Waals surface area contributed by atoms with Crippen LogP contribution in [0.2, 0.25) is 0 Å². The van der Waals surface area contributed by atoms with Crippen LogP contribution in [0.1, 0.15) is 22.3 Å². The molecule has 2 N–H and O–H groups in total. The first kappa shape index (κ1) is 20.1. The zero-order valence-electron chi connectivity index (χ0n) is 14.6. The normalized spacial score (nSPS) is 15.1. The number of carbonyl (C=O) groups excluding carboxylic acids is 2. The standard InChI is InChI=1S/C15H22N4O3S3/c1-4-22-13(21)12-10(2)16-14(25-12)17-11(20)9-24-15(23)19-7-5-18(3)6-8-19/h4-9H2,1-3H3,(H,16,17,20)/p+1. The summed E-state index contributed by atoms with van der Waals surface area (Å²) in [5.41, 5.74) is 0.557. The zero-order valence-corrected chi connectivity index (χ0v) is 17.0. The molecule has 0 saturated carbocycles. The van der Waals surface area contributed by atoms with Gasteiger partial charge >= 0.3 is 5.97 Å². The Balaban J connectivity index is 1.81. The lowest BCUT2D eigenvalue weighted by Gasteiger charge is -2.31. The molecule has 10 heteroatoms. The van der Waals surface area contributed by atoms with E-state index in [-0.39, 0.29) is 11.7 Å². The van der Waals surface area contributed by atoms with E-state index in [1.807, 2.05) is 0 Å². The first-order chi connectivity index (χ1) is 11.9. The van der Waals surface area contributed by atoms with Crippen molar-refractivity contribution in [3.05, 3.63) is 10.6 Å². The highest BCUT2D eigenvalue weighted by Crippen LogP contribution is 2.23. The molecule has 1 aromatic rings. The number of anilines is 1. The number of amides is 1. The van der Waals surface area contributed by atoms with Gasteiger partial charge in [0.1, 0.15) is 9.20 Å². The molecule has 1 saturated heterocycles. The van der Waals surface area contributed by atoms with Gasteiger partial charge in [-0.15, -0.1) is 0 Å². The van der Waals surface area contributed by atoms with E-state index in [9.17, 15) is 9.59 Å². The highest BCUT2D eigenvalue weighted by molar-refractivity contribution is 8.23. The van der Waals surface area contributed by atoms with Gasteiger partial charge in [0, 0.05) is 0 Å². The van der Waals surface area contributed by atoms with Crippen LogP contribution in [0.3, 0.4) is 0 Å². The van der Waals surface area contributed by atoms with Gasteiger partial charge in [-0.3, -0.25) is 4.79 Å². The van der Waals surface area contributed by atoms with Crippen molar-refractivity contribution >= 4 is 56.6 Å². The highest BCUT2D eigenvalue weighted by atomic mass is 32.2. The molecule has 1 aromatic heterocycles. The number of quaternary nitrogens is 1. The molecule has 25 heavy (non-hydrogen) atoms. The van der Waals surface area contributed by atoms with Gasteiger partial charge in [0.25, 0.3) is 0 Å². The van der Waals surface area contributed by atoms with Crippen LogP contribution >= 0.6 is 35.3 Å². The molecule has 0 spiro atoms. The van der Waals surface area contributed by atoms with Crippen LogP contribution in [-0.4, -0.2) is 71.7 Å². The second kappa shape index (κ2) is 9.46. The zero-order chi connectivity index (χ0) is 18.4. The molecule has 138 valence electrons. The Labute approximate surface area is 161 Å². The van der Waals surface area contributed by atoms with Gasteiger partial charge in [-0.25, -0.2) is 9.78 Å². The third-order valence-electron chi connectivity index (χ3n) is 3.71. The van der Waals surface area contributed by atoms with E-state index < -0.39 is 5.97 Å². The number of aryl methyl sites for hydroxylation is 1.